The van der Waals surface area contributed by atoms with Gasteiger partial charge >= 0.3 is 0 Å². The molecule has 0 aliphatic heterocycles. The minimum atomic E-state index is -3.39. The first-order valence-electron chi connectivity index (χ1n) is 5.49. The number of nitrogens with zero attached hydrogens (tertiary/aromatic N) is 1. The first-order chi connectivity index (χ1) is 8.97. The molecular weight excluding hydrogens is 264 g/mol. The van der Waals surface area contributed by atoms with Crippen LogP contribution in [0.15, 0.2) is 53.7 Å². The summed E-state index contributed by atoms with van der Waals surface area (Å²) in [4.78, 5) is 15.6. The number of nitrogens with one attached hydrogen (secondary N) is 1. The third-order valence-corrected chi connectivity index (χ3v) is 3.39. The van der Waals surface area contributed by atoms with Crippen molar-refractivity contribution in [2.24, 2.45) is 0 Å². The average molecular weight is 276 g/mol. The van der Waals surface area contributed by atoms with Crippen LogP contribution in [0.1, 0.15) is 10.4 Å². The maximum atomic E-state index is 11.9. The zero-order chi connectivity index (χ0) is 13.9. The number of sulfone groups is 1. The molecule has 0 saturated heterocycles. The Hall–Kier alpha value is -2.21. The highest BCUT2D eigenvalue weighted by Crippen LogP contribution is 2.13. The van der Waals surface area contributed by atoms with Crippen molar-refractivity contribution in [2.75, 3.05) is 11.6 Å². The van der Waals surface area contributed by atoms with E-state index in [2.05, 4.69) is 10.3 Å². The molecule has 0 saturated carbocycles. The first kappa shape index (κ1) is 13.2. The quantitative estimate of drug-likeness (QED) is 0.926. The highest BCUT2D eigenvalue weighted by molar-refractivity contribution is 7.90. The molecule has 0 bridgehead atoms. The highest BCUT2D eigenvalue weighted by Gasteiger charge is 2.11. The summed E-state index contributed by atoms with van der Waals surface area (Å²) in [7, 11) is -3.39. The van der Waals surface area contributed by atoms with Gasteiger partial charge in [-0.15, -0.1) is 0 Å². The van der Waals surface area contributed by atoms with Crippen LogP contribution in [0.5, 0.6) is 0 Å². The molecule has 2 rings (SSSR count). The summed E-state index contributed by atoms with van der Waals surface area (Å²) in [5.41, 5.74) is 0.893. The predicted molar refractivity (Wildman–Crippen MR) is 71.7 cm³/mol. The largest absolute Gasteiger partial charge is 0.322 e. The van der Waals surface area contributed by atoms with Gasteiger partial charge in [0.15, 0.2) is 14.9 Å². The van der Waals surface area contributed by atoms with E-state index in [1.54, 1.807) is 24.3 Å². The molecule has 98 valence electrons. The van der Waals surface area contributed by atoms with Crippen LogP contribution >= 0.6 is 0 Å². The smallest absolute Gasteiger partial charge is 0.255 e. The highest BCUT2D eigenvalue weighted by atomic mass is 32.2. The van der Waals surface area contributed by atoms with Gasteiger partial charge in [-0.2, -0.15) is 0 Å². The molecular formula is C13H12N2O3S. The molecule has 1 amide bonds. The lowest BCUT2D eigenvalue weighted by atomic mass is 10.2. The average Bonchev–Trinajstić information content (AvgIpc) is 2.39. The van der Waals surface area contributed by atoms with Crippen LogP contribution in [0.3, 0.4) is 0 Å². The van der Waals surface area contributed by atoms with Crippen molar-refractivity contribution in [3.63, 3.8) is 0 Å². The van der Waals surface area contributed by atoms with E-state index in [-0.39, 0.29) is 10.9 Å². The van der Waals surface area contributed by atoms with Gasteiger partial charge in [-0.3, -0.25) is 4.79 Å². The molecule has 1 aromatic carbocycles. The van der Waals surface area contributed by atoms with Gasteiger partial charge in [0.05, 0.1) is 0 Å². The predicted octanol–water partition coefficient (Wildman–Crippen LogP) is 1.74. The third-order valence-electron chi connectivity index (χ3n) is 2.41. The van der Waals surface area contributed by atoms with Gasteiger partial charge in [0.1, 0.15) is 0 Å². The van der Waals surface area contributed by atoms with Gasteiger partial charge in [-0.25, -0.2) is 13.4 Å². The Bertz CT molecular complexity index is 697. The van der Waals surface area contributed by atoms with E-state index in [1.165, 1.54) is 18.3 Å². The zero-order valence-corrected chi connectivity index (χ0v) is 11.0. The fourth-order valence-corrected chi connectivity index (χ4v) is 2.08. The number of hydrogen-bond acceptors (Lipinski definition) is 4. The summed E-state index contributed by atoms with van der Waals surface area (Å²) in [6.45, 7) is 0. The summed E-state index contributed by atoms with van der Waals surface area (Å²) in [5, 5.41) is 2.56. The van der Waals surface area contributed by atoms with Crippen molar-refractivity contribution in [1.82, 2.24) is 4.98 Å². The molecule has 1 aromatic heterocycles. The van der Waals surface area contributed by atoms with Gasteiger partial charge in [0.2, 0.25) is 0 Å². The second-order valence-electron chi connectivity index (χ2n) is 3.98. The Balaban J connectivity index is 2.23. The topological polar surface area (TPSA) is 76.1 Å². The SMILES string of the molecule is CS(=O)(=O)c1cc(NC(=O)c2ccccc2)ccn1. The molecule has 0 unspecified atom stereocenters. The van der Waals surface area contributed by atoms with Crippen molar-refractivity contribution in [3.8, 4) is 0 Å². The zero-order valence-electron chi connectivity index (χ0n) is 10.2. The summed E-state index contributed by atoms with van der Waals surface area (Å²) < 4.78 is 22.7. The van der Waals surface area contributed by atoms with E-state index in [9.17, 15) is 13.2 Å². The molecule has 0 radical (unpaired) electrons. The second kappa shape index (κ2) is 5.19. The number of amides is 1. The van der Waals surface area contributed by atoms with E-state index in [0.717, 1.165) is 6.26 Å². The first-order valence-corrected chi connectivity index (χ1v) is 7.38. The van der Waals surface area contributed by atoms with E-state index in [0.29, 0.717) is 11.3 Å². The molecule has 5 nitrogen and oxygen atoms in total. The van der Waals surface area contributed by atoms with Crippen molar-refractivity contribution in [1.29, 1.82) is 0 Å². The molecule has 0 fully saturated rings. The molecule has 1 heterocycles. The van der Waals surface area contributed by atoms with Crippen LogP contribution in [0.4, 0.5) is 5.69 Å². The standard InChI is InChI=1S/C13H12N2O3S/c1-19(17,18)12-9-11(7-8-14-12)15-13(16)10-5-3-2-4-6-10/h2-9H,1H3,(H,14,15,16). The summed E-state index contributed by atoms with van der Waals surface area (Å²) >= 11 is 0. The number of pyridine rings is 1. The molecule has 0 aliphatic carbocycles. The van der Waals surface area contributed by atoms with E-state index >= 15 is 0 Å². The van der Waals surface area contributed by atoms with Crippen LogP contribution in [-0.2, 0) is 9.84 Å². The van der Waals surface area contributed by atoms with E-state index < -0.39 is 9.84 Å². The molecule has 0 atom stereocenters. The Morgan fingerprint density at radius 1 is 1.16 bits per heavy atom. The third kappa shape index (κ3) is 3.38. The second-order valence-corrected chi connectivity index (χ2v) is 5.94. The van der Waals surface area contributed by atoms with E-state index in [1.807, 2.05) is 6.07 Å². The minimum Gasteiger partial charge on any atom is -0.322 e. The van der Waals surface area contributed by atoms with Gasteiger partial charge in [-0.05, 0) is 24.3 Å². The Labute approximate surface area is 111 Å². The number of carbonyl (C=O) groups is 1. The summed E-state index contributed by atoms with van der Waals surface area (Å²) in [6, 6.07) is 11.5. The lowest BCUT2D eigenvalue weighted by molar-refractivity contribution is 0.102. The Morgan fingerprint density at radius 2 is 1.84 bits per heavy atom. The number of aromatic nitrogens is 1. The van der Waals surface area contributed by atoms with Crippen LogP contribution < -0.4 is 5.32 Å². The molecule has 6 heteroatoms. The van der Waals surface area contributed by atoms with Crippen LogP contribution in [0, 0.1) is 0 Å². The van der Waals surface area contributed by atoms with Crippen LogP contribution in [0.2, 0.25) is 0 Å². The number of rotatable bonds is 3. The number of carbonyl (C=O) groups excluding carboxylic acids is 1. The van der Waals surface area contributed by atoms with Gasteiger partial charge in [-0.1, -0.05) is 18.2 Å². The Kier molecular flexibility index (Phi) is 3.62. The lowest BCUT2D eigenvalue weighted by Gasteiger charge is -2.06. The van der Waals surface area contributed by atoms with Gasteiger partial charge in [0.25, 0.3) is 5.91 Å². The van der Waals surface area contributed by atoms with Crippen molar-refractivity contribution in [3.05, 3.63) is 54.2 Å². The number of hydrogen-bond donors (Lipinski definition) is 1. The maximum Gasteiger partial charge on any atom is 0.255 e. The fourth-order valence-electron chi connectivity index (χ4n) is 1.48. The molecule has 0 spiro atoms. The summed E-state index contributed by atoms with van der Waals surface area (Å²) in [5.74, 6) is -0.300. The normalized spacial score (nSPS) is 11.0. The summed E-state index contributed by atoms with van der Waals surface area (Å²) in [6.07, 6.45) is 2.41. The van der Waals surface area contributed by atoms with Crippen molar-refractivity contribution >= 4 is 21.4 Å². The molecule has 19 heavy (non-hydrogen) atoms. The number of anilines is 1. The maximum absolute atomic E-state index is 11.9. The van der Waals surface area contributed by atoms with Crippen molar-refractivity contribution < 1.29 is 13.2 Å². The van der Waals surface area contributed by atoms with Gasteiger partial charge in [0, 0.05) is 23.7 Å². The van der Waals surface area contributed by atoms with Gasteiger partial charge < -0.3 is 5.32 Å². The minimum absolute atomic E-state index is 0.0710. The number of benzene rings is 1. The monoisotopic (exact) mass is 276 g/mol. The van der Waals surface area contributed by atoms with Crippen LogP contribution in [0.25, 0.3) is 0 Å². The Morgan fingerprint density at radius 3 is 2.47 bits per heavy atom. The lowest BCUT2D eigenvalue weighted by Crippen LogP contribution is -2.12. The van der Waals surface area contributed by atoms with Crippen molar-refractivity contribution in [2.45, 2.75) is 5.03 Å². The van der Waals surface area contributed by atoms with E-state index in [4.69, 9.17) is 0 Å². The fraction of sp³-hybridized carbons (Fsp3) is 0.0769. The molecule has 1 N–H and O–H groups in total. The molecule has 2 aromatic rings. The molecule has 0 aliphatic rings. The van der Waals surface area contributed by atoms with Crippen LogP contribution in [-0.4, -0.2) is 25.6 Å².